The van der Waals surface area contributed by atoms with E-state index < -0.39 is 0 Å². The molecule has 4 rings (SSSR count). The Morgan fingerprint density at radius 2 is 2.00 bits per heavy atom. The maximum absolute atomic E-state index is 13.4. The highest BCUT2D eigenvalue weighted by Gasteiger charge is 2.33. The number of nitrogens with zero attached hydrogens (tertiary/aromatic N) is 2. The monoisotopic (exact) mass is 360 g/mol. The number of benzene rings is 1. The standard InChI is InChI=1S/C19H21FN2O2S/c20-15-3-1-2-14(12-15)18-5-4-16(25-18)13-21-7-9-22(10-8-21)17-6-11-24-19(17)23/h1-5,12,17H,6-11,13H2. The molecule has 4 nitrogen and oxygen atoms in total. The highest BCUT2D eigenvalue weighted by molar-refractivity contribution is 7.15. The molecule has 2 aromatic rings. The Hall–Kier alpha value is -1.76. The number of rotatable bonds is 4. The number of carbonyl (C=O) groups excluding carboxylic acids is 1. The van der Waals surface area contributed by atoms with Crippen molar-refractivity contribution < 1.29 is 13.9 Å². The molecule has 6 heteroatoms. The third-order valence-corrected chi connectivity index (χ3v) is 6.02. The first-order valence-electron chi connectivity index (χ1n) is 8.67. The zero-order valence-electron chi connectivity index (χ0n) is 14.0. The molecule has 1 unspecified atom stereocenters. The van der Waals surface area contributed by atoms with E-state index in [1.54, 1.807) is 23.5 Å². The van der Waals surface area contributed by atoms with Crippen molar-refractivity contribution >= 4 is 17.3 Å². The Bertz CT molecular complexity index is 755. The van der Waals surface area contributed by atoms with Crippen LogP contribution in [0.1, 0.15) is 11.3 Å². The first-order chi connectivity index (χ1) is 12.2. The molecule has 25 heavy (non-hydrogen) atoms. The van der Waals surface area contributed by atoms with Gasteiger partial charge in [-0.15, -0.1) is 11.3 Å². The van der Waals surface area contributed by atoms with Gasteiger partial charge in [0.1, 0.15) is 11.9 Å². The third kappa shape index (κ3) is 3.76. The smallest absolute Gasteiger partial charge is 0.323 e. The van der Waals surface area contributed by atoms with E-state index in [4.69, 9.17) is 4.74 Å². The molecular weight excluding hydrogens is 339 g/mol. The van der Waals surface area contributed by atoms with E-state index in [0.29, 0.717) is 6.61 Å². The third-order valence-electron chi connectivity index (χ3n) is 4.91. The van der Waals surface area contributed by atoms with E-state index in [-0.39, 0.29) is 17.8 Å². The molecule has 0 spiro atoms. The van der Waals surface area contributed by atoms with Crippen molar-refractivity contribution in [1.82, 2.24) is 9.80 Å². The quantitative estimate of drug-likeness (QED) is 0.785. The predicted molar refractivity (Wildman–Crippen MR) is 95.9 cm³/mol. The summed E-state index contributed by atoms with van der Waals surface area (Å²) in [7, 11) is 0. The summed E-state index contributed by atoms with van der Waals surface area (Å²) in [6, 6.07) is 10.9. The second-order valence-corrected chi connectivity index (χ2v) is 7.73. The van der Waals surface area contributed by atoms with E-state index in [9.17, 15) is 9.18 Å². The van der Waals surface area contributed by atoms with Crippen LogP contribution < -0.4 is 0 Å². The van der Waals surface area contributed by atoms with Crippen LogP contribution in [0.3, 0.4) is 0 Å². The number of cyclic esters (lactones) is 1. The molecule has 2 aliphatic heterocycles. The minimum absolute atomic E-state index is 0.0385. The summed E-state index contributed by atoms with van der Waals surface area (Å²) in [5.74, 6) is -0.263. The minimum Gasteiger partial charge on any atom is -0.464 e. The topological polar surface area (TPSA) is 32.8 Å². The Morgan fingerprint density at radius 3 is 2.72 bits per heavy atom. The summed E-state index contributed by atoms with van der Waals surface area (Å²) in [6.07, 6.45) is 0.820. The highest BCUT2D eigenvalue weighted by Crippen LogP contribution is 2.29. The highest BCUT2D eigenvalue weighted by atomic mass is 32.1. The van der Waals surface area contributed by atoms with Gasteiger partial charge in [-0.25, -0.2) is 4.39 Å². The molecule has 0 saturated carbocycles. The number of hydrogen-bond acceptors (Lipinski definition) is 5. The van der Waals surface area contributed by atoms with Crippen LogP contribution >= 0.6 is 11.3 Å². The van der Waals surface area contributed by atoms with Crippen LogP contribution in [0, 0.1) is 5.82 Å². The number of carbonyl (C=O) groups is 1. The molecule has 3 heterocycles. The summed E-state index contributed by atoms with van der Waals surface area (Å²) in [6.45, 7) is 5.18. The molecule has 2 saturated heterocycles. The lowest BCUT2D eigenvalue weighted by molar-refractivity contribution is -0.142. The molecule has 0 N–H and O–H groups in total. The van der Waals surface area contributed by atoms with Crippen molar-refractivity contribution in [1.29, 1.82) is 0 Å². The Morgan fingerprint density at radius 1 is 1.16 bits per heavy atom. The van der Waals surface area contributed by atoms with Gasteiger partial charge >= 0.3 is 5.97 Å². The zero-order chi connectivity index (χ0) is 17.2. The second-order valence-electron chi connectivity index (χ2n) is 6.56. The van der Waals surface area contributed by atoms with E-state index in [1.165, 1.54) is 10.9 Å². The maximum Gasteiger partial charge on any atom is 0.323 e. The number of halogens is 1. The molecule has 1 atom stereocenters. The molecule has 2 fully saturated rings. The zero-order valence-corrected chi connectivity index (χ0v) is 14.8. The fourth-order valence-electron chi connectivity index (χ4n) is 3.53. The summed E-state index contributed by atoms with van der Waals surface area (Å²) >= 11 is 1.72. The normalized spacial score (nSPS) is 22.3. The fourth-order valence-corrected chi connectivity index (χ4v) is 4.58. The molecule has 1 aromatic heterocycles. The van der Waals surface area contributed by atoms with Gasteiger partial charge in [0, 0.05) is 48.9 Å². The Balaban J connectivity index is 1.34. The molecule has 0 bridgehead atoms. The van der Waals surface area contributed by atoms with Gasteiger partial charge in [-0.05, 0) is 29.8 Å². The van der Waals surface area contributed by atoms with Crippen molar-refractivity contribution in [2.24, 2.45) is 0 Å². The molecule has 1 aromatic carbocycles. The lowest BCUT2D eigenvalue weighted by Gasteiger charge is -2.36. The molecular formula is C19H21FN2O2S. The van der Waals surface area contributed by atoms with Crippen LogP contribution in [-0.4, -0.2) is 54.6 Å². The van der Waals surface area contributed by atoms with Gasteiger partial charge in [-0.2, -0.15) is 0 Å². The fraction of sp³-hybridized carbons (Fsp3) is 0.421. The lowest BCUT2D eigenvalue weighted by atomic mass is 10.2. The molecule has 132 valence electrons. The maximum atomic E-state index is 13.4. The van der Waals surface area contributed by atoms with Gasteiger partial charge in [0.05, 0.1) is 6.61 Å². The largest absolute Gasteiger partial charge is 0.464 e. The lowest BCUT2D eigenvalue weighted by Crippen LogP contribution is -2.51. The number of piperazine rings is 1. The van der Waals surface area contributed by atoms with Crippen molar-refractivity contribution in [3.63, 3.8) is 0 Å². The first-order valence-corrected chi connectivity index (χ1v) is 9.48. The molecule has 2 aliphatic rings. The number of hydrogen-bond donors (Lipinski definition) is 0. The van der Waals surface area contributed by atoms with Crippen molar-refractivity contribution in [2.45, 2.75) is 19.0 Å². The van der Waals surface area contributed by atoms with Crippen molar-refractivity contribution in [3.8, 4) is 10.4 Å². The molecule has 0 radical (unpaired) electrons. The number of thiophene rings is 1. The predicted octanol–water partition coefficient (Wildman–Crippen LogP) is 2.99. The second kappa shape index (κ2) is 7.23. The van der Waals surface area contributed by atoms with Crippen LogP contribution in [0.2, 0.25) is 0 Å². The van der Waals surface area contributed by atoms with E-state index in [2.05, 4.69) is 21.9 Å². The van der Waals surface area contributed by atoms with Gasteiger partial charge in [0.25, 0.3) is 0 Å². The SMILES string of the molecule is O=C1OCCC1N1CCN(Cc2ccc(-c3cccc(F)c3)s2)CC1. The van der Waals surface area contributed by atoms with Crippen LogP contribution in [0.15, 0.2) is 36.4 Å². The van der Waals surface area contributed by atoms with Crippen LogP contribution in [0.25, 0.3) is 10.4 Å². The molecule has 0 amide bonds. The minimum atomic E-state index is -0.200. The summed E-state index contributed by atoms with van der Waals surface area (Å²) in [5.41, 5.74) is 0.931. The van der Waals surface area contributed by atoms with Crippen LogP contribution in [0.4, 0.5) is 4.39 Å². The van der Waals surface area contributed by atoms with Crippen LogP contribution in [-0.2, 0) is 16.1 Å². The Labute approximate surface area is 150 Å². The van der Waals surface area contributed by atoms with Crippen molar-refractivity contribution in [3.05, 3.63) is 47.1 Å². The number of esters is 1. The van der Waals surface area contributed by atoms with Gasteiger partial charge in [0.2, 0.25) is 0 Å². The Kier molecular flexibility index (Phi) is 4.83. The number of ether oxygens (including phenoxy) is 1. The van der Waals surface area contributed by atoms with E-state index in [0.717, 1.165) is 49.6 Å². The van der Waals surface area contributed by atoms with Gasteiger partial charge < -0.3 is 4.74 Å². The van der Waals surface area contributed by atoms with Gasteiger partial charge in [0.15, 0.2) is 0 Å². The first kappa shape index (κ1) is 16.7. The van der Waals surface area contributed by atoms with Gasteiger partial charge in [-0.1, -0.05) is 12.1 Å². The summed E-state index contributed by atoms with van der Waals surface area (Å²) in [4.78, 5) is 18.8. The summed E-state index contributed by atoms with van der Waals surface area (Å²) in [5, 5.41) is 0. The average Bonchev–Trinajstić information content (AvgIpc) is 3.25. The molecule has 0 aliphatic carbocycles. The summed E-state index contributed by atoms with van der Waals surface area (Å²) < 4.78 is 18.5. The van der Waals surface area contributed by atoms with E-state index >= 15 is 0 Å². The average molecular weight is 360 g/mol. The van der Waals surface area contributed by atoms with E-state index in [1.807, 2.05) is 6.07 Å². The van der Waals surface area contributed by atoms with Gasteiger partial charge in [-0.3, -0.25) is 14.6 Å². The van der Waals surface area contributed by atoms with Crippen molar-refractivity contribution in [2.75, 3.05) is 32.8 Å². The van der Waals surface area contributed by atoms with Crippen LogP contribution in [0.5, 0.6) is 0 Å².